The first-order chi connectivity index (χ1) is 23.3. The zero-order valence-electron chi connectivity index (χ0n) is 26.4. The Morgan fingerprint density at radius 3 is 2.35 bits per heavy atom. The Bertz CT molecular complexity index is 1770. The van der Waals surface area contributed by atoms with Crippen LogP contribution in [0, 0.1) is 0 Å². The molecule has 0 bridgehead atoms. The lowest BCUT2D eigenvalue weighted by molar-refractivity contribution is -0.0274. The molecule has 2 atom stereocenters. The van der Waals surface area contributed by atoms with E-state index in [1.165, 1.54) is 44.6 Å². The lowest BCUT2D eigenvalue weighted by Gasteiger charge is -2.39. The van der Waals surface area contributed by atoms with Gasteiger partial charge < -0.3 is 39.0 Å². The normalized spacial score (nSPS) is 17.6. The Morgan fingerprint density at radius 1 is 0.917 bits per heavy atom. The molecule has 48 heavy (non-hydrogen) atoms. The maximum absolute atomic E-state index is 15.0. The summed E-state index contributed by atoms with van der Waals surface area (Å²) in [5.41, 5.74) is -1.24. The van der Waals surface area contributed by atoms with Crippen molar-refractivity contribution in [2.24, 2.45) is 0 Å². The molecule has 0 aliphatic carbocycles. The molecule has 4 aromatic rings. The standard InChI is InChI=1S/C35H35N3O10/c1-44-21-46-26-13-11-23(12-14-26)32(40)37-30-20-38(34(42)43)17-7-15-35(30,48-33(41)24-8-4-3-5-9-24)31(39)27-19-28-25(10-6-16-36-28)18-29(27)47-22-45-2/h3-6,8-14,16,18-19,30H,7,15,17,20-22H2,1-2H3,(H,37,40)(H,42,43)/t30-,35-/m1/s1. The summed E-state index contributed by atoms with van der Waals surface area (Å²) in [4.78, 5) is 60.4. The third kappa shape index (κ3) is 7.54. The molecule has 1 aliphatic heterocycles. The number of carboxylic acid groups (broad SMARTS) is 1. The second kappa shape index (κ2) is 15.4. The monoisotopic (exact) mass is 657 g/mol. The van der Waals surface area contributed by atoms with Gasteiger partial charge in [-0.25, -0.2) is 9.59 Å². The van der Waals surface area contributed by atoms with Gasteiger partial charge in [-0.05, 0) is 67.4 Å². The number of likely N-dealkylation sites (tertiary alicyclic amines) is 1. The summed E-state index contributed by atoms with van der Waals surface area (Å²) >= 11 is 0. The first kappa shape index (κ1) is 33.8. The number of rotatable bonds is 12. The minimum atomic E-state index is -2.08. The highest BCUT2D eigenvalue weighted by Gasteiger charge is 2.53. The number of amides is 2. The van der Waals surface area contributed by atoms with E-state index in [9.17, 15) is 19.5 Å². The van der Waals surface area contributed by atoms with Gasteiger partial charge >= 0.3 is 12.1 Å². The molecular weight excluding hydrogens is 622 g/mol. The first-order valence-electron chi connectivity index (χ1n) is 15.1. The number of Topliss-reactive ketones (excluding diaryl/α,β-unsaturated/α-hetero) is 1. The number of esters is 1. The molecule has 250 valence electrons. The molecule has 2 heterocycles. The fourth-order valence-electron chi connectivity index (χ4n) is 5.56. The number of benzene rings is 3. The number of ketones is 1. The summed E-state index contributed by atoms with van der Waals surface area (Å²) in [5.74, 6) is -1.58. The fourth-order valence-corrected chi connectivity index (χ4v) is 5.56. The van der Waals surface area contributed by atoms with E-state index in [0.717, 1.165) is 4.90 Å². The average molecular weight is 658 g/mol. The van der Waals surface area contributed by atoms with Gasteiger partial charge in [-0.2, -0.15) is 0 Å². The maximum Gasteiger partial charge on any atom is 0.407 e. The fraction of sp³-hybridized carbons (Fsp3) is 0.286. The number of carbonyl (C=O) groups excluding carboxylic acids is 3. The van der Waals surface area contributed by atoms with Gasteiger partial charge in [0.2, 0.25) is 5.78 Å². The first-order valence-corrected chi connectivity index (χ1v) is 15.1. The summed E-state index contributed by atoms with van der Waals surface area (Å²) in [6, 6.07) is 19.6. The van der Waals surface area contributed by atoms with Crippen LogP contribution in [0.25, 0.3) is 10.9 Å². The van der Waals surface area contributed by atoms with Crippen molar-refractivity contribution in [1.82, 2.24) is 15.2 Å². The highest BCUT2D eigenvalue weighted by molar-refractivity contribution is 6.09. The molecule has 2 N–H and O–H groups in total. The largest absolute Gasteiger partial charge is 0.468 e. The summed E-state index contributed by atoms with van der Waals surface area (Å²) in [7, 11) is 2.91. The summed E-state index contributed by atoms with van der Waals surface area (Å²) in [5, 5.41) is 13.5. The van der Waals surface area contributed by atoms with Crippen molar-refractivity contribution in [1.29, 1.82) is 0 Å². The van der Waals surface area contributed by atoms with Crippen LogP contribution in [0.3, 0.4) is 0 Å². The highest BCUT2D eigenvalue weighted by atomic mass is 16.7. The molecule has 1 aromatic heterocycles. The lowest BCUT2D eigenvalue weighted by atomic mass is 9.81. The minimum Gasteiger partial charge on any atom is -0.468 e. The summed E-state index contributed by atoms with van der Waals surface area (Å²) < 4.78 is 27.5. The lowest BCUT2D eigenvalue weighted by Crippen LogP contribution is -2.62. The van der Waals surface area contributed by atoms with Gasteiger partial charge in [0.1, 0.15) is 11.5 Å². The SMILES string of the molecule is COCOc1ccc(C(=O)N[C@@H]2CN(C(=O)O)CCC[C@]2(OC(=O)c2ccccc2)C(=O)c2cc3ncccc3cc2OCOC)cc1. The molecule has 1 saturated heterocycles. The van der Waals surface area contributed by atoms with Crippen molar-refractivity contribution < 1.29 is 48.0 Å². The minimum absolute atomic E-state index is 0.0103. The van der Waals surface area contributed by atoms with E-state index in [-0.39, 0.29) is 62.0 Å². The van der Waals surface area contributed by atoms with E-state index in [1.807, 2.05) is 0 Å². The predicted molar refractivity (Wildman–Crippen MR) is 172 cm³/mol. The van der Waals surface area contributed by atoms with E-state index >= 15 is 4.79 Å². The quantitative estimate of drug-likeness (QED) is 0.125. The number of ether oxygens (including phenoxy) is 5. The van der Waals surface area contributed by atoms with Crippen LogP contribution in [0.1, 0.15) is 43.9 Å². The van der Waals surface area contributed by atoms with Crippen LogP contribution in [0.15, 0.2) is 85.1 Å². The van der Waals surface area contributed by atoms with Crippen molar-refractivity contribution >= 4 is 34.7 Å². The molecule has 1 aliphatic rings. The number of fused-ring (bicyclic) bond motifs is 1. The Balaban J connectivity index is 1.63. The van der Waals surface area contributed by atoms with Crippen molar-refractivity contribution in [2.75, 3.05) is 40.9 Å². The number of methoxy groups -OCH3 is 2. The van der Waals surface area contributed by atoms with Crippen LogP contribution in [0.4, 0.5) is 4.79 Å². The maximum atomic E-state index is 15.0. The van der Waals surface area contributed by atoms with E-state index in [0.29, 0.717) is 16.7 Å². The summed E-state index contributed by atoms with van der Waals surface area (Å²) in [6.45, 7) is -0.516. The number of hydrogen-bond acceptors (Lipinski definition) is 10. The topological polar surface area (TPSA) is 163 Å². The zero-order chi connectivity index (χ0) is 34.1. The molecule has 13 nitrogen and oxygen atoms in total. The van der Waals surface area contributed by atoms with Crippen molar-refractivity contribution in [3.63, 3.8) is 0 Å². The van der Waals surface area contributed by atoms with E-state index < -0.39 is 35.4 Å². The number of pyridine rings is 1. The molecule has 5 rings (SSSR count). The second-order valence-corrected chi connectivity index (χ2v) is 11.0. The molecule has 0 radical (unpaired) electrons. The molecule has 3 aromatic carbocycles. The number of hydrogen-bond donors (Lipinski definition) is 2. The van der Waals surface area contributed by atoms with Crippen molar-refractivity contribution in [3.05, 3.63) is 102 Å². The van der Waals surface area contributed by atoms with Gasteiger partial charge in [-0.15, -0.1) is 0 Å². The predicted octanol–water partition coefficient (Wildman–Crippen LogP) is 4.55. The Kier molecular flexibility index (Phi) is 10.8. The third-order valence-electron chi connectivity index (χ3n) is 7.93. The van der Waals surface area contributed by atoms with Crippen LogP contribution in [-0.4, -0.2) is 91.3 Å². The number of nitrogens with one attached hydrogen (secondary N) is 1. The zero-order valence-corrected chi connectivity index (χ0v) is 26.4. The Labute approximate surface area is 276 Å². The third-order valence-corrected chi connectivity index (χ3v) is 7.93. The van der Waals surface area contributed by atoms with Crippen LogP contribution < -0.4 is 14.8 Å². The highest BCUT2D eigenvalue weighted by Crippen LogP contribution is 2.37. The molecule has 13 heteroatoms. The van der Waals surface area contributed by atoms with Gasteiger partial charge in [-0.3, -0.25) is 14.6 Å². The van der Waals surface area contributed by atoms with E-state index in [1.54, 1.807) is 54.7 Å². The Morgan fingerprint density at radius 2 is 1.65 bits per heavy atom. The van der Waals surface area contributed by atoms with Gasteiger partial charge in [-0.1, -0.05) is 24.3 Å². The van der Waals surface area contributed by atoms with Gasteiger partial charge in [0.25, 0.3) is 5.91 Å². The number of carbonyl (C=O) groups is 4. The molecule has 0 spiro atoms. The van der Waals surface area contributed by atoms with Gasteiger partial charge in [0.05, 0.1) is 22.7 Å². The number of aromatic nitrogens is 1. The molecule has 2 amide bonds. The van der Waals surface area contributed by atoms with Gasteiger partial charge in [0.15, 0.2) is 19.2 Å². The van der Waals surface area contributed by atoms with E-state index in [4.69, 9.17) is 23.7 Å². The van der Waals surface area contributed by atoms with Crippen LogP contribution in [0.5, 0.6) is 11.5 Å². The Hall–Kier alpha value is -5.53. The van der Waals surface area contributed by atoms with Gasteiger partial charge in [0, 0.05) is 44.5 Å². The smallest absolute Gasteiger partial charge is 0.407 e. The van der Waals surface area contributed by atoms with E-state index in [2.05, 4.69) is 10.3 Å². The van der Waals surface area contributed by atoms with Crippen LogP contribution in [0.2, 0.25) is 0 Å². The molecular formula is C35H35N3O10. The second-order valence-electron chi connectivity index (χ2n) is 11.0. The van der Waals surface area contributed by atoms with Crippen LogP contribution >= 0.6 is 0 Å². The van der Waals surface area contributed by atoms with Crippen LogP contribution in [-0.2, 0) is 14.2 Å². The summed E-state index contributed by atoms with van der Waals surface area (Å²) in [6.07, 6.45) is 0.332. The number of nitrogens with zero attached hydrogens (tertiary/aromatic N) is 2. The molecule has 0 saturated carbocycles. The molecule has 1 fully saturated rings. The van der Waals surface area contributed by atoms with Crippen molar-refractivity contribution in [3.8, 4) is 11.5 Å². The molecule has 0 unspecified atom stereocenters. The average Bonchev–Trinajstić information content (AvgIpc) is 3.29. The van der Waals surface area contributed by atoms with Crippen molar-refractivity contribution in [2.45, 2.75) is 24.5 Å².